The molecule has 0 aliphatic carbocycles. The van der Waals surface area contributed by atoms with Crippen LogP contribution < -0.4 is 4.90 Å². The molecular formula is C41H28N2S. The summed E-state index contributed by atoms with van der Waals surface area (Å²) in [4.78, 5) is 7.18. The molecule has 0 spiro atoms. The summed E-state index contributed by atoms with van der Waals surface area (Å²) in [7, 11) is 0. The second kappa shape index (κ2) is 11.3. The van der Waals surface area contributed by atoms with Crippen LogP contribution in [0.15, 0.2) is 170 Å². The van der Waals surface area contributed by atoms with E-state index in [2.05, 4.69) is 163 Å². The average molecular weight is 581 g/mol. The zero-order valence-corrected chi connectivity index (χ0v) is 24.8. The highest BCUT2D eigenvalue weighted by Crippen LogP contribution is 2.44. The molecule has 0 bridgehead atoms. The van der Waals surface area contributed by atoms with Crippen LogP contribution in [-0.4, -0.2) is 4.98 Å². The van der Waals surface area contributed by atoms with Crippen molar-refractivity contribution in [2.45, 2.75) is 0 Å². The van der Waals surface area contributed by atoms with E-state index >= 15 is 0 Å². The molecular weight excluding hydrogens is 553 g/mol. The molecule has 0 fully saturated rings. The summed E-state index contributed by atoms with van der Waals surface area (Å²) < 4.78 is 2.43. The Morgan fingerprint density at radius 1 is 0.386 bits per heavy atom. The van der Waals surface area contributed by atoms with E-state index in [9.17, 15) is 0 Å². The van der Waals surface area contributed by atoms with Crippen molar-refractivity contribution >= 4 is 48.7 Å². The lowest BCUT2D eigenvalue weighted by atomic mass is 10.00. The Morgan fingerprint density at radius 3 is 1.36 bits per heavy atom. The molecule has 0 amide bonds. The molecule has 3 heteroatoms. The maximum atomic E-state index is 4.82. The van der Waals surface area contributed by atoms with Crippen LogP contribution in [0.2, 0.25) is 0 Å². The van der Waals surface area contributed by atoms with Crippen molar-refractivity contribution in [3.63, 3.8) is 0 Å². The van der Waals surface area contributed by atoms with Crippen LogP contribution in [0, 0.1) is 0 Å². The van der Waals surface area contributed by atoms with Crippen molar-refractivity contribution in [3.8, 4) is 33.4 Å². The van der Waals surface area contributed by atoms with Gasteiger partial charge in [0, 0.05) is 27.7 Å². The summed E-state index contributed by atoms with van der Waals surface area (Å²) in [6.07, 6.45) is 1.89. The zero-order chi connectivity index (χ0) is 29.3. The smallest absolute Gasteiger partial charge is 0.0909 e. The van der Waals surface area contributed by atoms with E-state index in [-0.39, 0.29) is 0 Å². The third-order valence-corrected chi connectivity index (χ3v) is 9.27. The van der Waals surface area contributed by atoms with E-state index in [1.54, 1.807) is 11.3 Å². The Bertz CT molecular complexity index is 2180. The summed E-state index contributed by atoms with van der Waals surface area (Å²) in [5.41, 5.74) is 11.6. The van der Waals surface area contributed by atoms with E-state index in [1.165, 1.54) is 48.2 Å². The van der Waals surface area contributed by atoms with E-state index < -0.39 is 0 Å². The first-order valence-electron chi connectivity index (χ1n) is 14.8. The molecule has 0 radical (unpaired) electrons. The molecule has 2 aromatic heterocycles. The lowest BCUT2D eigenvalue weighted by molar-refractivity contribution is 1.30. The third-order valence-electron chi connectivity index (χ3n) is 8.16. The van der Waals surface area contributed by atoms with Gasteiger partial charge in [0.1, 0.15) is 0 Å². The van der Waals surface area contributed by atoms with Crippen LogP contribution in [0.4, 0.5) is 17.1 Å². The second-order valence-electron chi connectivity index (χ2n) is 10.8. The van der Waals surface area contributed by atoms with Crippen LogP contribution in [-0.2, 0) is 0 Å². The van der Waals surface area contributed by atoms with Crippen LogP contribution in [0.25, 0.3) is 53.7 Å². The van der Waals surface area contributed by atoms with Crippen LogP contribution >= 0.6 is 11.3 Å². The summed E-state index contributed by atoms with van der Waals surface area (Å²) in [5.74, 6) is 0. The number of hydrogen-bond donors (Lipinski definition) is 0. The third kappa shape index (κ3) is 4.84. The molecule has 6 aromatic carbocycles. The Kier molecular flexibility index (Phi) is 6.71. The van der Waals surface area contributed by atoms with Crippen LogP contribution in [0.1, 0.15) is 0 Å². The SMILES string of the molecule is c1ccc(-c2ccc(-c3ccc(N(c4ccc(-c5ccccc5)cc4)c4cccc5sc6cccnc6c45)cc3)cc2)cc1. The van der Waals surface area contributed by atoms with Gasteiger partial charge in [-0.1, -0.05) is 115 Å². The number of pyridine rings is 1. The molecule has 44 heavy (non-hydrogen) atoms. The Balaban J connectivity index is 1.22. The average Bonchev–Trinajstić information content (AvgIpc) is 3.49. The topological polar surface area (TPSA) is 16.1 Å². The molecule has 0 aliphatic rings. The summed E-state index contributed by atoms with van der Waals surface area (Å²) >= 11 is 1.79. The van der Waals surface area contributed by atoms with Gasteiger partial charge in [0.15, 0.2) is 0 Å². The van der Waals surface area contributed by atoms with Crippen LogP contribution in [0.5, 0.6) is 0 Å². The van der Waals surface area contributed by atoms with Crippen molar-refractivity contribution in [1.29, 1.82) is 0 Å². The Labute approximate surface area is 261 Å². The van der Waals surface area contributed by atoms with Gasteiger partial charge in [-0.05, 0) is 81.9 Å². The standard InChI is InChI=1S/C41H28N2S/c1-3-9-29(10-4-1)31-16-18-32(19-17-31)34-22-26-36(27-23-34)43(35-24-20-33(21-25-35)30-11-5-2-6-12-30)37-13-7-14-38-40(37)41-39(44-38)15-8-28-42-41/h1-28H. The maximum Gasteiger partial charge on any atom is 0.0909 e. The van der Waals surface area contributed by atoms with Gasteiger partial charge in [-0.15, -0.1) is 11.3 Å². The first kappa shape index (κ1) is 26.1. The highest BCUT2D eigenvalue weighted by molar-refractivity contribution is 7.25. The summed E-state index contributed by atoms with van der Waals surface area (Å²) in [6, 6.07) is 58.4. The van der Waals surface area contributed by atoms with Gasteiger partial charge in [0.2, 0.25) is 0 Å². The predicted octanol–water partition coefficient (Wildman–Crippen LogP) is 11.9. The van der Waals surface area contributed by atoms with Crippen molar-refractivity contribution in [2.24, 2.45) is 0 Å². The number of rotatable bonds is 6. The van der Waals surface area contributed by atoms with Crippen LogP contribution in [0.3, 0.4) is 0 Å². The van der Waals surface area contributed by atoms with Gasteiger partial charge in [-0.2, -0.15) is 0 Å². The minimum Gasteiger partial charge on any atom is -0.310 e. The second-order valence-corrected chi connectivity index (χ2v) is 11.9. The van der Waals surface area contributed by atoms with Gasteiger partial charge in [0.05, 0.1) is 15.9 Å². The highest BCUT2D eigenvalue weighted by Gasteiger charge is 2.19. The quantitative estimate of drug-likeness (QED) is 0.194. The number of anilines is 3. The minimum atomic E-state index is 1.05. The van der Waals surface area contributed by atoms with Gasteiger partial charge in [0.25, 0.3) is 0 Å². The van der Waals surface area contributed by atoms with E-state index in [1.807, 2.05) is 12.3 Å². The van der Waals surface area contributed by atoms with E-state index in [0.717, 1.165) is 22.6 Å². The Morgan fingerprint density at radius 2 is 0.841 bits per heavy atom. The van der Waals surface area contributed by atoms with E-state index in [4.69, 9.17) is 4.98 Å². The molecule has 8 aromatic rings. The highest BCUT2D eigenvalue weighted by atomic mass is 32.1. The first-order chi connectivity index (χ1) is 21.8. The molecule has 0 N–H and O–H groups in total. The zero-order valence-electron chi connectivity index (χ0n) is 24.0. The predicted molar refractivity (Wildman–Crippen MR) is 188 cm³/mol. The van der Waals surface area contributed by atoms with Gasteiger partial charge in [-0.25, -0.2) is 0 Å². The molecule has 208 valence electrons. The molecule has 2 heterocycles. The molecule has 2 nitrogen and oxygen atoms in total. The van der Waals surface area contributed by atoms with Gasteiger partial charge in [-0.3, -0.25) is 4.98 Å². The largest absolute Gasteiger partial charge is 0.310 e. The molecule has 8 rings (SSSR count). The fraction of sp³-hybridized carbons (Fsp3) is 0. The number of nitrogens with zero attached hydrogens (tertiary/aromatic N) is 2. The van der Waals surface area contributed by atoms with Crippen molar-refractivity contribution in [2.75, 3.05) is 4.90 Å². The molecule has 0 unspecified atom stereocenters. The molecule has 0 saturated carbocycles. The van der Waals surface area contributed by atoms with Gasteiger partial charge >= 0.3 is 0 Å². The lowest BCUT2D eigenvalue weighted by Crippen LogP contribution is -2.10. The number of thiophene rings is 1. The monoisotopic (exact) mass is 580 g/mol. The fourth-order valence-corrected chi connectivity index (χ4v) is 7.04. The molecule has 0 aliphatic heterocycles. The summed E-state index contributed by atoms with van der Waals surface area (Å²) in [6.45, 7) is 0. The lowest BCUT2D eigenvalue weighted by Gasteiger charge is -2.27. The van der Waals surface area contributed by atoms with Crippen molar-refractivity contribution < 1.29 is 0 Å². The first-order valence-corrected chi connectivity index (χ1v) is 15.6. The van der Waals surface area contributed by atoms with Gasteiger partial charge < -0.3 is 4.90 Å². The van der Waals surface area contributed by atoms with Crippen molar-refractivity contribution in [3.05, 3.63) is 170 Å². The number of fused-ring (bicyclic) bond motifs is 3. The molecule has 0 atom stereocenters. The molecule has 0 saturated heterocycles. The fourth-order valence-electron chi connectivity index (χ4n) is 5.96. The van der Waals surface area contributed by atoms with E-state index in [0.29, 0.717) is 0 Å². The van der Waals surface area contributed by atoms with Crippen molar-refractivity contribution in [1.82, 2.24) is 4.98 Å². The normalized spacial score (nSPS) is 11.2. The number of benzene rings is 6. The number of aromatic nitrogens is 1. The number of hydrogen-bond acceptors (Lipinski definition) is 3. The minimum absolute atomic E-state index is 1.05. The summed E-state index contributed by atoms with van der Waals surface area (Å²) in [5, 5.41) is 1.18. The Hall–Kier alpha value is -5.51. The maximum absolute atomic E-state index is 4.82.